The van der Waals surface area contributed by atoms with Gasteiger partial charge in [0.05, 0.1) is 17.9 Å². The van der Waals surface area contributed by atoms with Gasteiger partial charge in [0, 0.05) is 30.5 Å². The molecule has 10 nitrogen and oxygen atoms in total. The van der Waals surface area contributed by atoms with Gasteiger partial charge in [0.1, 0.15) is 29.1 Å². The number of fused-ring (bicyclic) bond motifs is 2. The number of esters is 1. The summed E-state index contributed by atoms with van der Waals surface area (Å²) in [6.45, 7) is 7.99. The van der Waals surface area contributed by atoms with Crippen molar-refractivity contribution < 1.29 is 38.9 Å². The molecule has 7 fully saturated rings. The molecule has 3 heterocycles. The van der Waals surface area contributed by atoms with Crippen LogP contribution in [0.2, 0.25) is 0 Å². The highest BCUT2D eigenvalue weighted by molar-refractivity contribution is 6.06. The van der Waals surface area contributed by atoms with Gasteiger partial charge in [-0.3, -0.25) is 24.2 Å². The van der Waals surface area contributed by atoms with E-state index >= 15 is 0 Å². The lowest BCUT2D eigenvalue weighted by atomic mass is 9.36. The van der Waals surface area contributed by atoms with Crippen LogP contribution < -0.4 is 5.32 Å². The zero-order valence-corrected chi connectivity index (χ0v) is 24.7. The van der Waals surface area contributed by atoms with E-state index in [-0.39, 0.29) is 29.9 Å². The van der Waals surface area contributed by atoms with Crippen molar-refractivity contribution in [1.29, 1.82) is 0 Å². The van der Waals surface area contributed by atoms with Crippen LogP contribution >= 0.6 is 0 Å². The number of pyridine rings is 1. The average Bonchev–Trinajstić information content (AvgIpc) is 3.10. The van der Waals surface area contributed by atoms with E-state index in [9.17, 15) is 29.4 Å². The third kappa shape index (κ3) is 3.60. The highest BCUT2D eigenvalue weighted by Crippen LogP contribution is 2.76. The van der Waals surface area contributed by atoms with Gasteiger partial charge in [-0.05, 0) is 74.0 Å². The van der Waals surface area contributed by atoms with Gasteiger partial charge in [0.25, 0.3) is 5.91 Å². The molecule has 2 saturated heterocycles. The normalized spacial score (nSPS) is 44.4. The predicted molar refractivity (Wildman–Crippen MR) is 151 cm³/mol. The fourth-order valence-electron chi connectivity index (χ4n) is 10.2. The number of aliphatic hydroxyl groups excluding tert-OH is 1. The SMILES string of the molecule is C=C1C(=O)C23[C@H](OC(=O)C4CCC(NC(=O)c5ccccn5)CC4)[C@H]1CC[C@H]2C12CO[C@@]3(O)[C@@H](O)[C@@H]1C(C)(C)CCC2=O. The fourth-order valence-corrected chi connectivity index (χ4v) is 10.2. The molecule has 8 atom stereocenters. The van der Waals surface area contributed by atoms with E-state index in [1.165, 1.54) is 0 Å². The molecule has 2 aliphatic heterocycles. The minimum Gasteiger partial charge on any atom is -0.460 e. The van der Waals surface area contributed by atoms with E-state index in [4.69, 9.17) is 9.47 Å². The predicted octanol–water partition coefficient (Wildman–Crippen LogP) is 2.52. The number of hydrogen-bond acceptors (Lipinski definition) is 9. The van der Waals surface area contributed by atoms with Crippen LogP contribution in [0.1, 0.15) is 75.7 Å². The highest BCUT2D eigenvalue weighted by atomic mass is 16.6. The second-order valence-corrected chi connectivity index (χ2v) is 14.4. The van der Waals surface area contributed by atoms with E-state index in [2.05, 4.69) is 16.9 Å². The number of Topliss-reactive ketones (excluding diaryl/α,β-unsaturated/α-hetero) is 2. The summed E-state index contributed by atoms with van der Waals surface area (Å²) >= 11 is 0. The smallest absolute Gasteiger partial charge is 0.309 e. The van der Waals surface area contributed by atoms with Crippen LogP contribution in [0.4, 0.5) is 0 Å². The summed E-state index contributed by atoms with van der Waals surface area (Å²) in [5.41, 5.74) is -2.84. The van der Waals surface area contributed by atoms with Crippen molar-refractivity contribution in [3.05, 3.63) is 42.2 Å². The van der Waals surface area contributed by atoms with Gasteiger partial charge in [0.2, 0.25) is 5.79 Å². The van der Waals surface area contributed by atoms with Crippen LogP contribution in [0.25, 0.3) is 0 Å². The molecular weight excluding hydrogens is 552 g/mol. The van der Waals surface area contributed by atoms with E-state index in [0.29, 0.717) is 57.1 Å². The van der Waals surface area contributed by atoms with Crippen molar-refractivity contribution in [1.82, 2.24) is 10.3 Å². The number of amides is 1. The minimum absolute atomic E-state index is 0.0538. The molecule has 8 rings (SSSR count). The molecule has 0 radical (unpaired) electrons. The van der Waals surface area contributed by atoms with Gasteiger partial charge < -0.3 is 25.0 Å². The number of nitrogens with one attached hydrogen (secondary N) is 1. The van der Waals surface area contributed by atoms with Crippen molar-refractivity contribution in [3.8, 4) is 0 Å². The maximum absolute atomic E-state index is 14.3. The lowest BCUT2D eigenvalue weighted by Gasteiger charge is -2.73. The maximum Gasteiger partial charge on any atom is 0.309 e. The first kappa shape index (κ1) is 28.8. The lowest BCUT2D eigenvalue weighted by molar-refractivity contribution is -0.437. The summed E-state index contributed by atoms with van der Waals surface area (Å²) in [5.74, 6) is -5.78. The first-order valence-electron chi connectivity index (χ1n) is 15.6. The number of ether oxygens (including phenoxy) is 2. The quantitative estimate of drug-likeness (QED) is 0.354. The van der Waals surface area contributed by atoms with Gasteiger partial charge >= 0.3 is 5.97 Å². The molecule has 0 aromatic carbocycles. The zero-order valence-electron chi connectivity index (χ0n) is 24.7. The number of carbonyl (C=O) groups excluding carboxylic acids is 4. The molecule has 1 amide bonds. The van der Waals surface area contributed by atoms with Gasteiger partial charge in [-0.2, -0.15) is 0 Å². The molecule has 5 saturated carbocycles. The van der Waals surface area contributed by atoms with Gasteiger partial charge in [0.15, 0.2) is 5.78 Å². The molecular formula is C33H40N2O8. The Morgan fingerprint density at radius 3 is 2.56 bits per heavy atom. The lowest BCUT2D eigenvalue weighted by Crippen LogP contribution is -2.85. The van der Waals surface area contributed by atoms with E-state index in [0.717, 1.165) is 0 Å². The molecule has 2 unspecified atom stereocenters. The van der Waals surface area contributed by atoms with Crippen LogP contribution in [0.15, 0.2) is 36.5 Å². The van der Waals surface area contributed by atoms with E-state index in [1.807, 2.05) is 13.8 Å². The largest absolute Gasteiger partial charge is 0.460 e. The van der Waals surface area contributed by atoms with Crippen molar-refractivity contribution in [2.45, 2.75) is 89.3 Å². The molecule has 10 heteroatoms. The van der Waals surface area contributed by atoms with Crippen molar-refractivity contribution in [3.63, 3.8) is 0 Å². The summed E-state index contributed by atoms with van der Waals surface area (Å²) < 4.78 is 12.3. The fraction of sp³-hybridized carbons (Fsp3) is 0.667. The second-order valence-electron chi connectivity index (χ2n) is 14.4. The minimum atomic E-state index is -2.31. The Morgan fingerprint density at radius 2 is 1.86 bits per heavy atom. The Hall–Kier alpha value is -2.95. The molecule has 3 N–H and O–H groups in total. The second kappa shape index (κ2) is 9.52. The van der Waals surface area contributed by atoms with Gasteiger partial charge in [-0.15, -0.1) is 0 Å². The van der Waals surface area contributed by atoms with Crippen LogP contribution in [-0.2, 0) is 23.9 Å². The van der Waals surface area contributed by atoms with E-state index < -0.39 is 69.7 Å². The Labute approximate surface area is 250 Å². The molecule has 7 aliphatic rings. The van der Waals surface area contributed by atoms with E-state index in [1.54, 1.807) is 24.4 Å². The highest BCUT2D eigenvalue weighted by Gasteiger charge is 2.88. The van der Waals surface area contributed by atoms with Crippen LogP contribution in [0.5, 0.6) is 0 Å². The van der Waals surface area contributed by atoms with Crippen LogP contribution in [0, 0.1) is 39.9 Å². The standard InChI is InChI=1S/C33H40N2O8/c1-17-20-11-12-22-31-16-42-33(41,26(38)24(31)30(2,3)14-13-23(31)36)32(22,25(17)37)27(20)43-29(40)18-7-9-19(10-8-18)35-28(39)21-6-4-5-15-34-21/h4-6,15,18-20,22,24,26-27,38,41H,1,7-14,16H2,2-3H3,(H,35,39)/t18?,19?,20-,22-,24+,26-,27+,31?,32?,33-/m0/s1. The number of nitrogens with zero attached hydrogens (tertiary/aromatic N) is 1. The monoisotopic (exact) mass is 592 g/mol. The average molecular weight is 593 g/mol. The Morgan fingerprint density at radius 1 is 1.12 bits per heavy atom. The van der Waals surface area contributed by atoms with Gasteiger partial charge in [-0.1, -0.05) is 26.5 Å². The summed E-state index contributed by atoms with van der Waals surface area (Å²) in [6, 6.07) is 5.03. The summed E-state index contributed by atoms with van der Waals surface area (Å²) in [6.07, 6.45) is 2.92. The number of rotatable bonds is 4. The van der Waals surface area contributed by atoms with Crippen molar-refractivity contribution in [2.75, 3.05) is 6.61 Å². The molecule has 5 aliphatic carbocycles. The molecule has 43 heavy (non-hydrogen) atoms. The molecule has 4 bridgehead atoms. The number of aliphatic hydroxyl groups is 2. The molecule has 1 aromatic heterocycles. The Balaban J connectivity index is 1.15. The third-order valence-electron chi connectivity index (χ3n) is 12.2. The zero-order chi connectivity index (χ0) is 30.5. The first-order chi connectivity index (χ1) is 20.4. The third-order valence-corrected chi connectivity index (χ3v) is 12.2. The molecule has 2 spiro atoms. The number of aromatic nitrogens is 1. The summed E-state index contributed by atoms with van der Waals surface area (Å²) in [7, 11) is 0. The number of hydrogen-bond donors (Lipinski definition) is 3. The number of carbonyl (C=O) groups is 4. The van der Waals surface area contributed by atoms with Crippen LogP contribution in [-0.4, -0.2) is 69.3 Å². The molecule has 1 aromatic rings. The van der Waals surface area contributed by atoms with Gasteiger partial charge in [-0.25, -0.2) is 0 Å². The topological polar surface area (TPSA) is 152 Å². The Bertz CT molecular complexity index is 1400. The summed E-state index contributed by atoms with van der Waals surface area (Å²) in [4.78, 5) is 58.5. The van der Waals surface area contributed by atoms with Crippen molar-refractivity contribution in [2.24, 2.45) is 39.9 Å². The maximum atomic E-state index is 14.3. The summed E-state index contributed by atoms with van der Waals surface area (Å²) in [5, 5.41) is 27.2. The van der Waals surface area contributed by atoms with Crippen molar-refractivity contribution >= 4 is 23.4 Å². The Kier molecular flexibility index (Phi) is 6.38. The van der Waals surface area contributed by atoms with Crippen LogP contribution in [0.3, 0.4) is 0 Å². The molecule has 230 valence electrons. The number of ketones is 2. The first-order valence-corrected chi connectivity index (χ1v) is 15.6.